The maximum Gasteiger partial charge on any atom is 0.332 e. The molecular formula is C9H15NO3. The van der Waals surface area contributed by atoms with Crippen molar-refractivity contribution in [3.63, 3.8) is 0 Å². The van der Waals surface area contributed by atoms with Crippen LogP contribution in [-0.2, 0) is 14.3 Å². The van der Waals surface area contributed by atoms with Crippen LogP contribution in [0.2, 0.25) is 0 Å². The van der Waals surface area contributed by atoms with Gasteiger partial charge >= 0.3 is 5.97 Å². The fourth-order valence-corrected chi connectivity index (χ4v) is 0.322. The van der Waals surface area contributed by atoms with Crippen LogP contribution in [0.15, 0.2) is 12.2 Å². The maximum absolute atomic E-state index is 10.2. The number of methoxy groups -OCH3 is 2. The van der Waals surface area contributed by atoms with Crippen LogP contribution < -0.4 is 0 Å². The van der Waals surface area contributed by atoms with Gasteiger partial charge in [-0.25, -0.2) is 4.79 Å². The minimum atomic E-state index is -0.347. The lowest BCUT2D eigenvalue weighted by molar-refractivity contribution is -0.136. The number of esters is 1. The molecule has 0 radical (unpaired) electrons. The number of ether oxygens (including phenoxy) is 2. The van der Waals surface area contributed by atoms with Gasteiger partial charge < -0.3 is 9.47 Å². The number of hydrogen-bond acceptors (Lipinski definition) is 4. The average molecular weight is 185 g/mol. The fourth-order valence-electron chi connectivity index (χ4n) is 0.322. The Morgan fingerprint density at radius 2 is 2.08 bits per heavy atom. The number of carbonyl (C=O) groups excluding carboxylic acids is 1. The average Bonchev–Trinajstić information content (AvgIpc) is 2.14. The van der Waals surface area contributed by atoms with Crippen LogP contribution in [0.25, 0.3) is 0 Å². The minimum absolute atomic E-state index is 0.347. The second-order valence-corrected chi connectivity index (χ2v) is 2.17. The van der Waals surface area contributed by atoms with Crippen molar-refractivity contribution in [2.24, 2.45) is 0 Å². The van der Waals surface area contributed by atoms with Crippen LogP contribution in [0.1, 0.15) is 13.3 Å². The standard InChI is InChI=1S/C5H8O2.C4H7NO/c1-4(2)5(6)7-3;1-6-4-2-3-5/h1H2,2-3H3;2,4H2,1H3. The zero-order valence-corrected chi connectivity index (χ0v) is 8.29. The Morgan fingerprint density at radius 3 is 2.15 bits per heavy atom. The summed E-state index contributed by atoms with van der Waals surface area (Å²) in [5.74, 6) is -0.347. The van der Waals surface area contributed by atoms with E-state index >= 15 is 0 Å². The summed E-state index contributed by atoms with van der Waals surface area (Å²) in [4.78, 5) is 10.2. The molecule has 0 amide bonds. The number of rotatable bonds is 3. The van der Waals surface area contributed by atoms with E-state index in [0.717, 1.165) is 0 Å². The summed E-state index contributed by atoms with van der Waals surface area (Å²) in [5.41, 5.74) is 0.433. The van der Waals surface area contributed by atoms with Crippen molar-refractivity contribution in [2.45, 2.75) is 13.3 Å². The largest absolute Gasteiger partial charge is 0.466 e. The molecule has 0 aromatic carbocycles. The first-order valence-corrected chi connectivity index (χ1v) is 3.69. The Kier molecular flexibility index (Phi) is 11.6. The molecule has 0 saturated heterocycles. The topological polar surface area (TPSA) is 59.3 Å². The monoisotopic (exact) mass is 185 g/mol. The first-order valence-electron chi connectivity index (χ1n) is 3.69. The van der Waals surface area contributed by atoms with Gasteiger partial charge in [0.2, 0.25) is 0 Å². The first kappa shape index (κ1) is 14.2. The highest BCUT2D eigenvalue weighted by Gasteiger charge is 1.95. The van der Waals surface area contributed by atoms with E-state index in [1.807, 2.05) is 6.07 Å². The smallest absolute Gasteiger partial charge is 0.332 e. The third-order valence-electron chi connectivity index (χ3n) is 0.952. The third kappa shape index (κ3) is 13.6. The Labute approximate surface area is 78.8 Å². The first-order chi connectivity index (χ1) is 6.09. The molecule has 0 spiro atoms. The van der Waals surface area contributed by atoms with Gasteiger partial charge in [-0.05, 0) is 6.92 Å². The highest BCUT2D eigenvalue weighted by Crippen LogP contribution is 1.87. The van der Waals surface area contributed by atoms with E-state index in [0.29, 0.717) is 18.6 Å². The zero-order valence-electron chi connectivity index (χ0n) is 8.29. The molecule has 0 saturated carbocycles. The van der Waals surface area contributed by atoms with Crippen LogP contribution in [0, 0.1) is 11.3 Å². The number of nitriles is 1. The van der Waals surface area contributed by atoms with Crippen LogP contribution in [0.5, 0.6) is 0 Å². The number of hydrogen-bond donors (Lipinski definition) is 0. The molecule has 0 heterocycles. The molecule has 0 bridgehead atoms. The summed E-state index contributed by atoms with van der Waals surface area (Å²) in [6, 6.07) is 1.94. The Morgan fingerprint density at radius 1 is 1.54 bits per heavy atom. The van der Waals surface area contributed by atoms with E-state index in [-0.39, 0.29) is 5.97 Å². The van der Waals surface area contributed by atoms with E-state index in [4.69, 9.17) is 5.26 Å². The van der Waals surface area contributed by atoms with E-state index < -0.39 is 0 Å². The molecule has 74 valence electrons. The fraction of sp³-hybridized carbons (Fsp3) is 0.556. The van der Waals surface area contributed by atoms with Gasteiger partial charge in [0.1, 0.15) is 0 Å². The van der Waals surface area contributed by atoms with Gasteiger partial charge in [0.25, 0.3) is 0 Å². The molecule has 0 fully saturated rings. The summed E-state index contributed by atoms with van der Waals surface area (Å²) in [7, 11) is 2.91. The van der Waals surface area contributed by atoms with Crippen molar-refractivity contribution in [1.82, 2.24) is 0 Å². The lowest BCUT2D eigenvalue weighted by atomic mass is 10.4. The van der Waals surface area contributed by atoms with Crippen molar-refractivity contribution in [3.05, 3.63) is 12.2 Å². The molecule has 0 aliphatic carbocycles. The van der Waals surface area contributed by atoms with Crippen LogP contribution in [-0.4, -0.2) is 26.8 Å². The maximum atomic E-state index is 10.2. The van der Waals surface area contributed by atoms with Crippen molar-refractivity contribution < 1.29 is 14.3 Å². The zero-order chi connectivity index (χ0) is 10.7. The molecule has 0 aromatic heterocycles. The van der Waals surface area contributed by atoms with E-state index in [2.05, 4.69) is 16.1 Å². The van der Waals surface area contributed by atoms with Gasteiger partial charge in [-0.1, -0.05) is 6.58 Å². The number of nitrogens with zero attached hydrogens (tertiary/aromatic N) is 1. The van der Waals surface area contributed by atoms with Crippen molar-refractivity contribution in [1.29, 1.82) is 5.26 Å². The van der Waals surface area contributed by atoms with Crippen molar-refractivity contribution >= 4 is 5.97 Å². The van der Waals surface area contributed by atoms with Gasteiger partial charge in [0.05, 0.1) is 26.2 Å². The molecule has 0 aromatic rings. The van der Waals surface area contributed by atoms with Crippen LogP contribution >= 0.6 is 0 Å². The molecule has 0 N–H and O–H groups in total. The number of carbonyl (C=O) groups is 1. The second kappa shape index (κ2) is 10.7. The van der Waals surface area contributed by atoms with Crippen molar-refractivity contribution in [3.8, 4) is 6.07 Å². The van der Waals surface area contributed by atoms with Crippen molar-refractivity contribution in [2.75, 3.05) is 20.8 Å². The van der Waals surface area contributed by atoms with Gasteiger partial charge in [-0.2, -0.15) is 5.26 Å². The summed E-state index contributed by atoms with van der Waals surface area (Å²) in [6.07, 6.45) is 0.497. The van der Waals surface area contributed by atoms with E-state index in [9.17, 15) is 4.79 Å². The molecule has 4 nitrogen and oxygen atoms in total. The van der Waals surface area contributed by atoms with Crippen LogP contribution in [0.4, 0.5) is 0 Å². The molecule has 0 atom stereocenters. The quantitative estimate of drug-likeness (QED) is 0.377. The third-order valence-corrected chi connectivity index (χ3v) is 0.952. The summed E-state index contributed by atoms with van der Waals surface area (Å²) in [5, 5.41) is 7.87. The Balaban J connectivity index is 0. The molecule has 0 rings (SSSR count). The summed E-state index contributed by atoms with van der Waals surface area (Å²) >= 11 is 0. The van der Waals surface area contributed by atoms with Gasteiger partial charge in [0.15, 0.2) is 0 Å². The minimum Gasteiger partial charge on any atom is -0.466 e. The van der Waals surface area contributed by atoms with E-state index in [1.54, 1.807) is 14.0 Å². The van der Waals surface area contributed by atoms with E-state index in [1.165, 1.54) is 7.11 Å². The second-order valence-electron chi connectivity index (χ2n) is 2.17. The Hall–Kier alpha value is -1.34. The normalized spacial score (nSPS) is 7.54. The SMILES string of the molecule is C=C(C)C(=O)OC.COCCC#N. The van der Waals surface area contributed by atoms with Gasteiger partial charge in [-0.3, -0.25) is 0 Å². The van der Waals surface area contributed by atoms with Gasteiger partial charge in [-0.15, -0.1) is 0 Å². The summed E-state index contributed by atoms with van der Waals surface area (Å²) in [6.45, 7) is 5.51. The molecule has 13 heavy (non-hydrogen) atoms. The highest BCUT2D eigenvalue weighted by atomic mass is 16.5. The predicted octanol–water partition coefficient (Wildman–Crippen LogP) is 1.28. The molecule has 4 heteroatoms. The lowest BCUT2D eigenvalue weighted by Crippen LogP contribution is -1.98. The molecule has 0 aliphatic heterocycles. The lowest BCUT2D eigenvalue weighted by Gasteiger charge is -1.91. The highest BCUT2D eigenvalue weighted by molar-refractivity contribution is 5.86. The molecule has 0 unspecified atom stereocenters. The Bertz CT molecular complexity index is 194. The van der Waals surface area contributed by atoms with Crippen LogP contribution in [0.3, 0.4) is 0 Å². The predicted molar refractivity (Wildman–Crippen MR) is 48.9 cm³/mol. The van der Waals surface area contributed by atoms with Gasteiger partial charge in [0, 0.05) is 12.7 Å². The molecular weight excluding hydrogens is 170 g/mol. The summed E-state index contributed by atoms with van der Waals surface area (Å²) < 4.78 is 8.83. The molecule has 0 aliphatic rings.